The van der Waals surface area contributed by atoms with Crippen molar-refractivity contribution in [1.82, 2.24) is 19.9 Å². The van der Waals surface area contributed by atoms with Crippen LogP contribution in [0.1, 0.15) is 24.8 Å². The molecule has 0 atom stereocenters. The topological polar surface area (TPSA) is 74.3 Å². The quantitative estimate of drug-likeness (QED) is 0.770. The van der Waals surface area contributed by atoms with Crippen LogP contribution in [0.4, 0.5) is 0 Å². The van der Waals surface area contributed by atoms with Gasteiger partial charge < -0.3 is 10.2 Å². The average molecular weight is 312 g/mol. The molecule has 0 radical (unpaired) electrons. The Labute approximate surface area is 127 Å². The first-order valence-corrected chi connectivity index (χ1v) is 8.92. The molecule has 2 heterocycles. The van der Waals surface area contributed by atoms with Crippen molar-refractivity contribution in [2.45, 2.75) is 30.8 Å². The predicted octanol–water partition coefficient (Wildman–Crippen LogP) is 0.565. The number of hydrogen-bond acceptors (Lipinski definition) is 5. The fourth-order valence-electron chi connectivity index (χ4n) is 2.47. The number of sulfonamides is 1. The van der Waals surface area contributed by atoms with Crippen LogP contribution in [-0.2, 0) is 16.6 Å². The lowest BCUT2D eigenvalue weighted by Gasteiger charge is -2.26. The third kappa shape index (κ3) is 5.03. The number of pyridine rings is 1. The summed E-state index contributed by atoms with van der Waals surface area (Å²) in [4.78, 5) is 6.33. The van der Waals surface area contributed by atoms with Crippen molar-refractivity contribution >= 4 is 10.0 Å². The molecule has 2 N–H and O–H groups in total. The van der Waals surface area contributed by atoms with Crippen LogP contribution in [0.3, 0.4) is 0 Å². The van der Waals surface area contributed by atoms with Crippen LogP contribution in [0.15, 0.2) is 23.4 Å². The van der Waals surface area contributed by atoms with Gasteiger partial charge in [-0.05, 0) is 44.6 Å². The third-order valence-electron chi connectivity index (χ3n) is 3.62. The molecule has 0 aromatic carbocycles. The Morgan fingerprint density at radius 3 is 2.62 bits per heavy atom. The Kier molecular flexibility index (Phi) is 6.10. The summed E-state index contributed by atoms with van der Waals surface area (Å²) < 4.78 is 26.9. The molecule has 0 saturated carbocycles. The van der Waals surface area contributed by atoms with E-state index in [-0.39, 0.29) is 5.03 Å². The number of likely N-dealkylation sites (tertiary alicyclic amines) is 1. The van der Waals surface area contributed by atoms with E-state index >= 15 is 0 Å². The van der Waals surface area contributed by atoms with Crippen molar-refractivity contribution in [3.63, 3.8) is 0 Å². The van der Waals surface area contributed by atoms with Crippen LogP contribution < -0.4 is 10.0 Å². The van der Waals surface area contributed by atoms with Crippen LogP contribution in [0.25, 0.3) is 0 Å². The molecule has 1 aromatic heterocycles. The first kappa shape index (κ1) is 16.4. The Morgan fingerprint density at radius 2 is 2.00 bits per heavy atom. The van der Waals surface area contributed by atoms with Crippen LogP contribution >= 0.6 is 0 Å². The van der Waals surface area contributed by atoms with Gasteiger partial charge in [-0.25, -0.2) is 18.1 Å². The van der Waals surface area contributed by atoms with E-state index in [9.17, 15) is 8.42 Å². The first-order valence-electron chi connectivity index (χ1n) is 7.43. The second kappa shape index (κ2) is 7.84. The minimum atomic E-state index is -3.50. The predicted molar refractivity (Wildman–Crippen MR) is 82.5 cm³/mol. The normalized spacial score (nSPS) is 17.0. The molecular formula is C14H24N4O2S. The van der Waals surface area contributed by atoms with E-state index in [2.05, 4.69) is 19.9 Å². The van der Waals surface area contributed by atoms with Gasteiger partial charge in [-0.2, -0.15) is 0 Å². The molecule has 6 nitrogen and oxygen atoms in total. The molecule has 1 saturated heterocycles. The fourth-order valence-corrected chi connectivity index (χ4v) is 3.42. The Bertz CT molecular complexity index is 524. The highest BCUT2D eigenvalue weighted by molar-refractivity contribution is 7.89. The van der Waals surface area contributed by atoms with Gasteiger partial charge in [0.2, 0.25) is 0 Å². The zero-order chi connectivity index (χ0) is 15.1. The van der Waals surface area contributed by atoms with Crippen molar-refractivity contribution < 1.29 is 8.42 Å². The van der Waals surface area contributed by atoms with Gasteiger partial charge in [-0.1, -0.05) is 12.5 Å². The lowest BCUT2D eigenvalue weighted by Crippen LogP contribution is -2.37. The second-order valence-electron chi connectivity index (χ2n) is 5.34. The smallest absolute Gasteiger partial charge is 0.258 e. The molecular weight excluding hydrogens is 288 g/mol. The largest absolute Gasteiger partial charge is 0.316 e. The standard InChI is InChI=1S/C14H24N4O2S/c1-15-11-13-5-6-14(16-12-13)21(19,20)17-7-10-18-8-3-2-4-9-18/h5-6,12,15,17H,2-4,7-11H2,1H3. The van der Waals surface area contributed by atoms with Gasteiger partial charge in [0, 0.05) is 25.8 Å². The maximum absolute atomic E-state index is 12.1. The van der Waals surface area contributed by atoms with E-state index in [1.165, 1.54) is 19.3 Å². The monoisotopic (exact) mass is 312 g/mol. The van der Waals surface area contributed by atoms with E-state index < -0.39 is 10.0 Å². The Balaban J connectivity index is 1.85. The summed E-state index contributed by atoms with van der Waals surface area (Å²) in [6.45, 7) is 4.01. The molecule has 2 rings (SSSR count). The van der Waals surface area contributed by atoms with Crippen molar-refractivity contribution in [3.05, 3.63) is 23.9 Å². The van der Waals surface area contributed by atoms with E-state index in [0.29, 0.717) is 13.1 Å². The molecule has 0 unspecified atom stereocenters. The van der Waals surface area contributed by atoms with Crippen LogP contribution in [-0.4, -0.2) is 51.5 Å². The van der Waals surface area contributed by atoms with Crippen molar-refractivity contribution in [1.29, 1.82) is 0 Å². The number of rotatable bonds is 7. The van der Waals surface area contributed by atoms with Crippen LogP contribution in [0, 0.1) is 0 Å². The maximum atomic E-state index is 12.1. The number of piperidine rings is 1. The molecule has 1 aliphatic heterocycles. The number of aromatic nitrogens is 1. The number of nitrogens with zero attached hydrogens (tertiary/aromatic N) is 2. The van der Waals surface area contributed by atoms with E-state index in [4.69, 9.17) is 0 Å². The van der Waals surface area contributed by atoms with Crippen molar-refractivity contribution in [2.24, 2.45) is 0 Å². The fraction of sp³-hybridized carbons (Fsp3) is 0.643. The molecule has 118 valence electrons. The molecule has 21 heavy (non-hydrogen) atoms. The zero-order valence-corrected chi connectivity index (χ0v) is 13.3. The van der Waals surface area contributed by atoms with Crippen LogP contribution in [0.2, 0.25) is 0 Å². The van der Waals surface area contributed by atoms with E-state index in [1.54, 1.807) is 18.3 Å². The van der Waals surface area contributed by atoms with E-state index in [0.717, 1.165) is 25.2 Å². The summed E-state index contributed by atoms with van der Waals surface area (Å²) >= 11 is 0. The van der Waals surface area contributed by atoms with Crippen LogP contribution in [0.5, 0.6) is 0 Å². The highest BCUT2D eigenvalue weighted by Crippen LogP contribution is 2.09. The molecule has 7 heteroatoms. The molecule has 1 aliphatic rings. The summed E-state index contributed by atoms with van der Waals surface area (Å²) in [6.07, 6.45) is 5.29. The summed E-state index contributed by atoms with van der Waals surface area (Å²) in [5.74, 6) is 0. The van der Waals surface area contributed by atoms with Gasteiger partial charge in [0.25, 0.3) is 10.0 Å². The van der Waals surface area contributed by atoms with Crippen molar-refractivity contribution in [2.75, 3.05) is 33.2 Å². The lowest BCUT2D eigenvalue weighted by molar-refractivity contribution is 0.232. The lowest BCUT2D eigenvalue weighted by atomic mass is 10.1. The summed E-state index contributed by atoms with van der Waals surface area (Å²) in [6, 6.07) is 3.33. The van der Waals surface area contributed by atoms with Gasteiger partial charge in [0.1, 0.15) is 0 Å². The van der Waals surface area contributed by atoms with Crippen molar-refractivity contribution in [3.8, 4) is 0 Å². The second-order valence-corrected chi connectivity index (χ2v) is 7.05. The Hall–Kier alpha value is -1.02. The zero-order valence-electron chi connectivity index (χ0n) is 12.5. The Morgan fingerprint density at radius 1 is 1.24 bits per heavy atom. The van der Waals surface area contributed by atoms with Gasteiger partial charge in [-0.15, -0.1) is 0 Å². The molecule has 1 fully saturated rings. The maximum Gasteiger partial charge on any atom is 0.258 e. The first-order chi connectivity index (χ1) is 10.1. The van der Waals surface area contributed by atoms with E-state index in [1.807, 2.05) is 7.05 Å². The molecule has 0 aliphatic carbocycles. The highest BCUT2D eigenvalue weighted by atomic mass is 32.2. The number of hydrogen-bond donors (Lipinski definition) is 2. The molecule has 1 aromatic rings. The third-order valence-corrected chi connectivity index (χ3v) is 5.00. The summed E-state index contributed by atoms with van der Waals surface area (Å²) in [5.41, 5.74) is 0.963. The van der Waals surface area contributed by atoms with Gasteiger partial charge >= 0.3 is 0 Å². The molecule has 0 amide bonds. The molecule has 0 bridgehead atoms. The van der Waals surface area contributed by atoms with Gasteiger partial charge in [0.05, 0.1) is 0 Å². The van der Waals surface area contributed by atoms with Gasteiger partial charge in [-0.3, -0.25) is 0 Å². The number of nitrogens with one attached hydrogen (secondary N) is 2. The van der Waals surface area contributed by atoms with Gasteiger partial charge in [0.15, 0.2) is 5.03 Å². The SMILES string of the molecule is CNCc1ccc(S(=O)(=O)NCCN2CCCCC2)nc1. The minimum Gasteiger partial charge on any atom is -0.316 e. The minimum absolute atomic E-state index is 0.0843. The average Bonchev–Trinajstić information content (AvgIpc) is 2.49. The molecule has 0 spiro atoms. The summed E-state index contributed by atoms with van der Waals surface area (Å²) in [5, 5.41) is 3.09. The summed E-state index contributed by atoms with van der Waals surface area (Å²) in [7, 11) is -1.66. The highest BCUT2D eigenvalue weighted by Gasteiger charge is 2.16.